The lowest BCUT2D eigenvalue weighted by atomic mass is 10.3. The molecule has 2 aromatic rings. The molecule has 0 fully saturated rings. The lowest BCUT2D eigenvalue weighted by molar-refractivity contribution is 0.156. The van der Waals surface area contributed by atoms with Crippen LogP contribution in [0.15, 0.2) is 11.4 Å². The number of fused-ring (bicyclic) bond motifs is 1. The highest BCUT2D eigenvalue weighted by Crippen LogP contribution is 2.25. The van der Waals surface area contributed by atoms with Crippen molar-refractivity contribution in [1.29, 1.82) is 0 Å². The summed E-state index contributed by atoms with van der Waals surface area (Å²) in [5, 5.41) is 15.7. The molecule has 2 aromatic heterocycles. The van der Waals surface area contributed by atoms with Gasteiger partial charge in [0.15, 0.2) is 0 Å². The van der Waals surface area contributed by atoms with Gasteiger partial charge in [-0.2, -0.15) is 0 Å². The van der Waals surface area contributed by atoms with E-state index < -0.39 is 0 Å². The van der Waals surface area contributed by atoms with E-state index in [4.69, 9.17) is 0 Å². The number of hydrogen-bond acceptors (Lipinski definition) is 6. The monoisotopic (exact) mass is 308 g/mol. The smallest absolute Gasteiger partial charge is 0.146 e. The van der Waals surface area contributed by atoms with Gasteiger partial charge in [0.25, 0.3) is 0 Å². The highest BCUT2D eigenvalue weighted by atomic mass is 32.1. The summed E-state index contributed by atoms with van der Waals surface area (Å²) in [5.74, 6) is 1.73. The molecule has 0 unspecified atom stereocenters. The van der Waals surface area contributed by atoms with Crippen LogP contribution < -0.4 is 5.32 Å². The first kappa shape index (κ1) is 16.1. The SMILES string of the molecule is CCCNc1nc(CN(CCO)C(C)C)nc2sccc12. The number of rotatable bonds is 8. The maximum Gasteiger partial charge on any atom is 0.146 e. The van der Waals surface area contributed by atoms with Gasteiger partial charge in [0.05, 0.1) is 18.5 Å². The van der Waals surface area contributed by atoms with Gasteiger partial charge in [-0.25, -0.2) is 9.97 Å². The van der Waals surface area contributed by atoms with Gasteiger partial charge in [0, 0.05) is 19.1 Å². The maximum absolute atomic E-state index is 9.18. The van der Waals surface area contributed by atoms with Crippen molar-refractivity contribution in [3.05, 3.63) is 17.3 Å². The van der Waals surface area contributed by atoms with Gasteiger partial charge in [-0.15, -0.1) is 11.3 Å². The van der Waals surface area contributed by atoms with E-state index in [9.17, 15) is 5.11 Å². The minimum atomic E-state index is 0.153. The van der Waals surface area contributed by atoms with Crippen molar-refractivity contribution >= 4 is 27.4 Å². The number of nitrogens with zero attached hydrogens (tertiary/aromatic N) is 3. The Hall–Kier alpha value is -1.24. The summed E-state index contributed by atoms with van der Waals surface area (Å²) in [5.41, 5.74) is 0. The van der Waals surface area contributed by atoms with E-state index in [1.807, 2.05) is 5.38 Å². The van der Waals surface area contributed by atoms with Crippen LogP contribution in [0.4, 0.5) is 5.82 Å². The molecule has 0 aliphatic rings. The van der Waals surface area contributed by atoms with Crippen LogP contribution in [0.2, 0.25) is 0 Å². The zero-order chi connectivity index (χ0) is 15.2. The highest BCUT2D eigenvalue weighted by molar-refractivity contribution is 7.16. The molecule has 0 amide bonds. The van der Waals surface area contributed by atoms with Crippen LogP contribution in [0.5, 0.6) is 0 Å². The van der Waals surface area contributed by atoms with Gasteiger partial charge >= 0.3 is 0 Å². The molecule has 0 aromatic carbocycles. The summed E-state index contributed by atoms with van der Waals surface area (Å²) < 4.78 is 0. The molecule has 2 heterocycles. The van der Waals surface area contributed by atoms with Crippen molar-refractivity contribution in [2.24, 2.45) is 0 Å². The van der Waals surface area contributed by atoms with Crippen LogP contribution in [0.1, 0.15) is 33.0 Å². The van der Waals surface area contributed by atoms with E-state index >= 15 is 0 Å². The normalized spacial score (nSPS) is 11.7. The molecule has 0 spiro atoms. The summed E-state index contributed by atoms with van der Waals surface area (Å²) in [6.07, 6.45) is 1.06. The van der Waals surface area contributed by atoms with Crippen LogP contribution >= 0.6 is 11.3 Å². The lowest BCUT2D eigenvalue weighted by Gasteiger charge is -2.24. The van der Waals surface area contributed by atoms with E-state index in [0.717, 1.165) is 34.8 Å². The first-order chi connectivity index (χ1) is 10.2. The first-order valence-corrected chi connectivity index (χ1v) is 8.36. The van der Waals surface area contributed by atoms with E-state index in [1.165, 1.54) is 0 Å². The van der Waals surface area contributed by atoms with Gasteiger partial charge in [-0.05, 0) is 31.7 Å². The minimum Gasteiger partial charge on any atom is -0.395 e. The molecule has 116 valence electrons. The third-order valence-corrected chi connectivity index (χ3v) is 4.18. The molecular weight excluding hydrogens is 284 g/mol. The van der Waals surface area contributed by atoms with Crippen molar-refractivity contribution in [1.82, 2.24) is 14.9 Å². The Kier molecular flexibility index (Phi) is 5.90. The van der Waals surface area contributed by atoms with Crippen molar-refractivity contribution in [3.8, 4) is 0 Å². The number of thiophene rings is 1. The maximum atomic E-state index is 9.18. The highest BCUT2D eigenvalue weighted by Gasteiger charge is 2.14. The van der Waals surface area contributed by atoms with Gasteiger partial charge in [0.1, 0.15) is 16.5 Å². The fraction of sp³-hybridized carbons (Fsp3) is 0.600. The lowest BCUT2D eigenvalue weighted by Crippen LogP contribution is -2.33. The Labute approximate surface area is 130 Å². The molecule has 0 aliphatic carbocycles. The average Bonchev–Trinajstić information content (AvgIpc) is 2.92. The average molecular weight is 308 g/mol. The summed E-state index contributed by atoms with van der Waals surface area (Å²) in [6.45, 7) is 8.74. The zero-order valence-electron chi connectivity index (χ0n) is 13.0. The van der Waals surface area contributed by atoms with Crippen molar-refractivity contribution in [2.75, 3.05) is 25.0 Å². The van der Waals surface area contributed by atoms with E-state index in [-0.39, 0.29) is 6.61 Å². The van der Waals surface area contributed by atoms with E-state index in [2.05, 4.69) is 47.0 Å². The Morgan fingerprint density at radius 1 is 1.38 bits per heavy atom. The Morgan fingerprint density at radius 3 is 2.86 bits per heavy atom. The number of aliphatic hydroxyl groups excluding tert-OH is 1. The molecule has 2 N–H and O–H groups in total. The Morgan fingerprint density at radius 2 is 2.19 bits per heavy atom. The standard InChI is InChI=1S/C15H24N4OS/c1-4-6-16-14-12-5-9-21-15(12)18-13(17-14)10-19(7-8-20)11(2)3/h5,9,11,20H,4,6-8,10H2,1-3H3,(H,16,17,18). The number of anilines is 1. The number of aromatic nitrogens is 2. The third-order valence-electron chi connectivity index (χ3n) is 3.38. The molecule has 0 atom stereocenters. The Bertz CT molecular complexity index is 570. The summed E-state index contributed by atoms with van der Waals surface area (Å²) in [7, 11) is 0. The van der Waals surface area contributed by atoms with Crippen LogP contribution in [0.3, 0.4) is 0 Å². The van der Waals surface area contributed by atoms with Crippen molar-refractivity contribution < 1.29 is 5.11 Å². The van der Waals surface area contributed by atoms with Crippen LogP contribution in [-0.4, -0.2) is 45.7 Å². The fourth-order valence-electron chi connectivity index (χ4n) is 2.18. The molecule has 21 heavy (non-hydrogen) atoms. The quantitative estimate of drug-likeness (QED) is 0.785. The van der Waals surface area contributed by atoms with Gasteiger partial charge < -0.3 is 10.4 Å². The number of hydrogen-bond donors (Lipinski definition) is 2. The largest absolute Gasteiger partial charge is 0.395 e. The molecule has 5 nitrogen and oxygen atoms in total. The predicted molar refractivity (Wildman–Crippen MR) is 88.8 cm³/mol. The Balaban J connectivity index is 2.26. The predicted octanol–water partition coefficient (Wildman–Crippen LogP) is 2.72. The first-order valence-electron chi connectivity index (χ1n) is 7.48. The second-order valence-corrected chi connectivity index (χ2v) is 6.24. The molecule has 0 radical (unpaired) electrons. The van der Waals surface area contributed by atoms with Crippen molar-refractivity contribution in [3.63, 3.8) is 0 Å². The zero-order valence-corrected chi connectivity index (χ0v) is 13.8. The molecule has 2 rings (SSSR count). The second-order valence-electron chi connectivity index (χ2n) is 5.34. The van der Waals surface area contributed by atoms with Gasteiger partial charge in [-0.1, -0.05) is 6.92 Å². The van der Waals surface area contributed by atoms with Crippen LogP contribution in [0, 0.1) is 0 Å². The second kappa shape index (κ2) is 7.68. The summed E-state index contributed by atoms with van der Waals surface area (Å²) >= 11 is 1.64. The summed E-state index contributed by atoms with van der Waals surface area (Å²) in [6, 6.07) is 2.42. The summed E-state index contributed by atoms with van der Waals surface area (Å²) in [4.78, 5) is 12.5. The molecular formula is C15H24N4OS. The fourth-order valence-corrected chi connectivity index (χ4v) is 2.96. The van der Waals surface area contributed by atoms with Crippen molar-refractivity contribution in [2.45, 2.75) is 39.8 Å². The van der Waals surface area contributed by atoms with Crippen LogP contribution in [-0.2, 0) is 6.54 Å². The van der Waals surface area contributed by atoms with E-state index in [1.54, 1.807) is 11.3 Å². The number of aliphatic hydroxyl groups is 1. The molecule has 0 saturated heterocycles. The van der Waals surface area contributed by atoms with Crippen LogP contribution in [0.25, 0.3) is 10.2 Å². The van der Waals surface area contributed by atoms with E-state index in [0.29, 0.717) is 19.1 Å². The number of nitrogens with one attached hydrogen (secondary N) is 1. The molecule has 0 bridgehead atoms. The molecule has 0 saturated carbocycles. The minimum absolute atomic E-state index is 0.153. The topological polar surface area (TPSA) is 61.3 Å². The third kappa shape index (κ3) is 4.12. The molecule has 0 aliphatic heterocycles. The van der Waals surface area contributed by atoms with Gasteiger partial charge in [-0.3, -0.25) is 4.90 Å². The van der Waals surface area contributed by atoms with Gasteiger partial charge in [0.2, 0.25) is 0 Å². The molecule has 6 heteroatoms.